The Morgan fingerprint density at radius 3 is 2.32 bits per heavy atom. The van der Waals surface area contributed by atoms with E-state index < -0.39 is 16.8 Å². The van der Waals surface area contributed by atoms with Crippen LogP contribution in [-0.2, 0) is 17.6 Å². The van der Waals surface area contributed by atoms with E-state index in [1.807, 2.05) is 53.4 Å². The lowest BCUT2D eigenvalue weighted by atomic mass is 9.67. The topological polar surface area (TPSA) is 101 Å². The number of carboxylic acids is 1. The predicted octanol–water partition coefficient (Wildman–Crippen LogP) is 4.32. The van der Waals surface area contributed by atoms with E-state index in [-0.39, 0.29) is 29.5 Å². The molecular formula is C27H24N2O5. The zero-order valence-electron chi connectivity index (χ0n) is 18.4. The van der Waals surface area contributed by atoms with Crippen LogP contribution in [0.4, 0.5) is 5.69 Å². The van der Waals surface area contributed by atoms with Gasteiger partial charge in [-0.1, -0.05) is 54.6 Å². The molecule has 34 heavy (non-hydrogen) atoms. The Morgan fingerprint density at radius 1 is 1.00 bits per heavy atom. The zero-order chi connectivity index (χ0) is 23.8. The fraction of sp³-hybridized carbons (Fsp3) is 0.259. The molecule has 1 fully saturated rings. The van der Waals surface area contributed by atoms with Crippen molar-refractivity contribution < 1.29 is 19.6 Å². The van der Waals surface area contributed by atoms with Crippen molar-refractivity contribution in [1.82, 2.24) is 4.90 Å². The number of fused-ring (bicyclic) bond motifs is 2. The summed E-state index contributed by atoms with van der Waals surface area (Å²) >= 11 is 0. The Balaban J connectivity index is 1.59. The number of benzene rings is 3. The molecule has 7 nitrogen and oxygen atoms in total. The second-order valence-corrected chi connectivity index (χ2v) is 9.08. The summed E-state index contributed by atoms with van der Waals surface area (Å²) in [6.07, 6.45) is 1.11. The van der Waals surface area contributed by atoms with Gasteiger partial charge in [-0.2, -0.15) is 0 Å². The summed E-state index contributed by atoms with van der Waals surface area (Å²) in [4.78, 5) is 38.9. The molecule has 0 unspecified atom stereocenters. The van der Waals surface area contributed by atoms with Crippen molar-refractivity contribution in [3.8, 4) is 0 Å². The Morgan fingerprint density at radius 2 is 1.68 bits per heavy atom. The van der Waals surface area contributed by atoms with E-state index in [2.05, 4.69) is 0 Å². The lowest BCUT2D eigenvalue weighted by molar-refractivity contribution is -0.385. The van der Waals surface area contributed by atoms with Gasteiger partial charge in [-0.25, -0.2) is 0 Å². The smallest absolute Gasteiger partial charge is 0.311 e. The molecule has 0 spiro atoms. The molecule has 1 heterocycles. The van der Waals surface area contributed by atoms with Gasteiger partial charge in [-0.05, 0) is 47.6 Å². The second-order valence-electron chi connectivity index (χ2n) is 9.08. The third kappa shape index (κ3) is 3.83. The molecule has 4 atom stereocenters. The molecule has 5 rings (SSSR count). The lowest BCUT2D eigenvalue weighted by Gasteiger charge is -2.36. The first-order valence-corrected chi connectivity index (χ1v) is 11.3. The van der Waals surface area contributed by atoms with Crippen LogP contribution >= 0.6 is 0 Å². The molecule has 1 N–H and O–H groups in total. The van der Waals surface area contributed by atoms with Gasteiger partial charge in [0.25, 0.3) is 11.6 Å². The number of likely N-dealkylation sites (tertiary alicyclic amines) is 1. The van der Waals surface area contributed by atoms with Crippen LogP contribution in [0.25, 0.3) is 0 Å². The minimum atomic E-state index is -1.01. The molecule has 1 aliphatic carbocycles. The van der Waals surface area contributed by atoms with Crippen molar-refractivity contribution >= 4 is 17.6 Å². The normalized spacial score (nSPS) is 23.1. The minimum Gasteiger partial charge on any atom is -0.481 e. The van der Waals surface area contributed by atoms with Crippen LogP contribution in [0, 0.1) is 22.0 Å². The molecule has 1 saturated heterocycles. The largest absolute Gasteiger partial charge is 0.481 e. The zero-order valence-corrected chi connectivity index (χ0v) is 18.4. The molecule has 0 aromatic heterocycles. The molecular weight excluding hydrogens is 432 g/mol. The molecule has 3 aromatic rings. The standard InChI is InChI=1S/C27H24N2O5/c30-26(18-9-5-2-6-10-18)28-16-20-14-19-11-12-21(29(33)34)15-22(19)25(27(31)32)24(20)23(28)13-17-7-3-1-4-8-17/h1-12,15,20,23-25H,13-14,16H2,(H,31,32)/t20-,23-,24+,25-/m0/s1. The van der Waals surface area contributed by atoms with Crippen LogP contribution < -0.4 is 0 Å². The number of nitro benzene ring substituents is 1. The molecule has 0 saturated carbocycles. The number of aliphatic carboxylic acids is 1. The summed E-state index contributed by atoms with van der Waals surface area (Å²) in [5, 5.41) is 21.7. The van der Waals surface area contributed by atoms with Gasteiger partial charge in [-0.15, -0.1) is 0 Å². The number of hydrogen-bond acceptors (Lipinski definition) is 4. The van der Waals surface area contributed by atoms with E-state index in [1.165, 1.54) is 12.1 Å². The average molecular weight is 456 g/mol. The Kier molecular flexibility index (Phi) is 5.61. The minimum absolute atomic E-state index is 0.0450. The van der Waals surface area contributed by atoms with Gasteiger partial charge in [-0.3, -0.25) is 19.7 Å². The van der Waals surface area contributed by atoms with Crippen LogP contribution in [0.15, 0.2) is 78.9 Å². The van der Waals surface area contributed by atoms with Gasteiger partial charge in [0.1, 0.15) is 0 Å². The summed E-state index contributed by atoms with van der Waals surface area (Å²) < 4.78 is 0. The molecule has 3 aromatic carbocycles. The van der Waals surface area contributed by atoms with Gasteiger partial charge < -0.3 is 10.0 Å². The number of carbonyl (C=O) groups excluding carboxylic acids is 1. The van der Waals surface area contributed by atoms with Gasteiger partial charge in [0.05, 0.1) is 10.8 Å². The van der Waals surface area contributed by atoms with Crippen LogP contribution in [0.5, 0.6) is 0 Å². The number of carbonyl (C=O) groups is 2. The van der Waals surface area contributed by atoms with E-state index in [0.29, 0.717) is 30.5 Å². The maximum Gasteiger partial charge on any atom is 0.311 e. The molecule has 1 aliphatic heterocycles. The summed E-state index contributed by atoms with van der Waals surface area (Å²) in [6, 6.07) is 23.0. The van der Waals surface area contributed by atoms with Crippen LogP contribution in [-0.4, -0.2) is 39.4 Å². The fourth-order valence-electron chi connectivity index (χ4n) is 5.77. The quantitative estimate of drug-likeness (QED) is 0.455. The highest BCUT2D eigenvalue weighted by atomic mass is 16.6. The van der Waals surface area contributed by atoms with Crippen LogP contribution in [0.2, 0.25) is 0 Å². The first-order chi connectivity index (χ1) is 16.4. The van der Waals surface area contributed by atoms with Crippen molar-refractivity contribution in [2.45, 2.75) is 24.8 Å². The van der Waals surface area contributed by atoms with Gasteiger partial charge in [0, 0.05) is 36.2 Å². The first kappa shape index (κ1) is 21.8. The van der Waals surface area contributed by atoms with Gasteiger partial charge in [0.2, 0.25) is 0 Å². The number of rotatable bonds is 5. The van der Waals surface area contributed by atoms with E-state index in [0.717, 1.165) is 11.1 Å². The molecule has 2 aliphatic rings. The van der Waals surface area contributed by atoms with Crippen molar-refractivity contribution in [3.05, 3.63) is 111 Å². The summed E-state index contributed by atoms with van der Waals surface area (Å²) in [5.74, 6) is -2.44. The fourth-order valence-corrected chi connectivity index (χ4v) is 5.77. The first-order valence-electron chi connectivity index (χ1n) is 11.3. The van der Waals surface area contributed by atoms with Crippen molar-refractivity contribution in [3.63, 3.8) is 0 Å². The van der Waals surface area contributed by atoms with Crippen LogP contribution in [0.3, 0.4) is 0 Å². The molecule has 0 bridgehead atoms. The predicted molar refractivity (Wildman–Crippen MR) is 126 cm³/mol. The van der Waals surface area contributed by atoms with Crippen molar-refractivity contribution in [2.24, 2.45) is 11.8 Å². The summed E-state index contributed by atoms with van der Waals surface area (Å²) in [6.45, 7) is 0.454. The number of hydrogen-bond donors (Lipinski definition) is 1. The monoisotopic (exact) mass is 456 g/mol. The second kappa shape index (κ2) is 8.74. The Labute approximate surface area is 196 Å². The van der Waals surface area contributed by atoms with Gasteiger partial charge >= 0.3 is 5.97 Å². The Bertz CT molecular complexity index is 1240. The van der Waals surface area contributed by atoms with Crippen molar-refractivity contribution in [1.29, 1.82) is 0 Å². The molecule has 1 amide bonds. The Hall–Kier alpha value is -4.00. The van der Waals surface area contributed by atoms with E-state index >= 15 is 0 Å². The lowest BCUT2D eigenvalue weighted by Crippen LogP contribution is -2.43. The molecule has 7 heteroatoms. The highest BCUT2D eigenvalue weighted by Crippen LogP contribution is 2.49. The highest BCUT2D eigenvalue weighted by molar-refractivity contribution is 5.95. The summed E-state index contributed by atoms with van der Waals surface area (Å²) in [7, 11) is 0. The third-order valence-corrected chi connectivity index (χ3v) is 7.20. The van der Waals surface area contributed by atoms with Crippen molar-refractivity contribution in [2.75, 3.05) is 6.54 Å². The summed E-state index contributed by atoms with van der Waals surface area (Å²) in [5.41, 5.74) is 2.78. The highest BCUT2D eigenvalue weighted by Gasteiger charge is 2.52. The third-order valence-electron chi connectivity index (χ3n) is 7.20. The van der Waals surface area contributed by atoms with E-state index in [1.54, 1.807) is 18.2 Å². The molecule has 0 radical (unpaired) electrons. The number of amides is 1. The number of nitrogens with zero attached hydrogens (tertiary/aromatic N) is 2. The van der Waals surface area contributed by atoms with Crippen LogP contribution in [0.1, 0.15) is 33.0 Å². The maximum atomic E-state index is 13.6. The SMILES string of the molecule is O=C(O)[C@H]1c2cc([N+](=O)[O-])ccc2C[C@H]2CN(C(=O)c3ccccc3)[C@@H](Cc3ccccc3)[C@@H]21. The van der Waals surface area contributed by atoms with Gasteiger partial charge in [0.15, 0.2) is 0 Å². The number of nitro groups is 1. The number of carboxylic acid groups (broad SMARTS) is 1. The maximum absolute atomic E-state index is 13.6. The van der Waals surface area contributed by atoms with E-state index in [4.69, 9.17) is 0 Å². The average Bonchev–Trinajstić information content (AvgIpc) is 3.20. The molecule has 172 valence electrons. The van der Waals surface area contributed by atoms with E-state index in [9.17, 15) is 24.8 Å². The number of non-ortho nitro benzene ring substituents is 1.